The highest BCUT2D eigenvalue weighted by atomic mass is 19.1. The molecule has 0 atom stereocenters. The predicted octanol–water partition coefficient (Wildman–Crippen LogP) is 3.10. The topological polar surface area (TPSA) is 28.2 Å². The Morgan fingerprint density at radius 3 is 2.74 bits per heavy atom. The molecule has 1 saturated carbocycles. The van der Waals surface area contributed by atoms with E-state index in [0.29, 0.717) is 24.0 Å². The lowest BCUT2D eigenvalue weighted by Gasteiger charge is -2.29. The molecule has 0 amide bonds. The van der Waals surface area contributed by atoms with Crippen molar-refractivity contribution in [2.75, 3.05) is 18.0 Å². The van der Waals surface area contributed by atoms with Crippen molar-refractivity contribution in [1.82, 2.24) is 10.3 Å². The molecule has 0 spiro atoms. The van der Waals surface area contributed by atoms with Crippen molar-refractivity contribution in [3.8, 4) is 0 Å². The third-order valence-electron chi connectivity index (χ3n) is 3.89. The van der Waals surface area contributed by atoms with Crippen molar-refractivity contribution in [3.05, 3.63) is 23.6 Å². The lowest BCUT2D eigenvalue weighted by atomic mass is 10.2. The summed E-state index contributed by atoms with van der Waals surface area (Å²) in [6.07, 6.45) is 6.54. The zero-order chi connectivity index (χ0) is 13.7. The molecule has 1 N–H and O–H groups in total. The summed E-state index contributed by atoms with van der Waals surface area (Å²) in [6.45, 7) is 6.34. The van der Waals surface area contributed by atoms with Gasteiger partial charge in [-0.05, 0) is 32.4 Å². The van der Waals surface area contributed by atoms with E-state index in [4.69, 9.17) is 0 Å². The van der Waals surface area contributed by atoms with E-state index in [2.05, 4.69) is 22.1 Å². The van der Waals surface area contributed by atoms with Crippen LogP contribution in [0.3, 0.4) is 0 Å². The van der Waals surface area contributed by atoms with Crippen LogP contribution in [0.4, 0.5) is 10.2 Å². The number of aromatic nitrogens is 1. The average molecular weight is 265 g/mol. The highest BCUT2D eigenvalue weighted by Crippen LogP contribution is 2.29. The Bertz CT molecular complexity index is 402. The molecule has 19 heavy (non-hydrogen) atoms. The molecule has 0 aliphatic heterocycles. The fraction of sp³-hybridized carbons (Fsp3) is 0.667. The van der Waals surface area contributed by atoms with Gasteiger partial charge in [-0.2, -0.15) is 0 Å². The molecule has 0 unspecified atom stereocenters. The number of nitrogens with zero attached hydrogens (tertiary/aromatic N) is 2. The first-order valence-electron chi connectivity index (χ1n) is 7.38. The molecule has 0 aromatic carbocycles. The lowest BCUT2D eigenvalue weighted by Crippen LogP contribution is -2.34. The molecule has 1 aromatic rings. The molecule has 1 fully saturated rings. The Kier molecular flexibility index (Phi) is 5.14. The van der Waals surface area contributed by atoms with E-state index in [-0.39, 0.29) is 5.82 Å². The SMILES string of the molecule is CCNCc1ccnc(N(CC)C2CCCC2)c1F. The molecule has 106 valence electrons. The quantitative estimate of drug-likeness (QED) is 0.856. The number of anilines is 1. The summed E-state index contributed by atoms with van der Waals surface area (Å²) < 4.78 is 14.5. The zero-order valence-corrected chi connectivity index (χ0v) is 12.0. The number of halogens is 1. The third kappa shape index (κ3) is 3.24. The maximum atomic E-state index is 14.5. The number of hydrogen-bond donors (Lipinski definition) is 1. The van der Waals surface area contributed by atoms with Gasteiger partial charge in [0.2, 0.25) is 0 Å². The number of hydrogen-bond acceptors (Lipinski definition) is 3. The van der Waals surface area contributed by atoms with E-state index < -0.39 is 0 Å². The van der Waals surface area contributed by atoms with Crippen LogP contribution in [0.2, 0.25) is 0 Å². The van der Waals surface area contributed by atoms with Gasteiger partial charge in [-0.3, -0.25) is 0 Å². The van der Waals surface area contributed by atoms with Crippen LogP contribution in [0.15, 0.2) is 12.3 Å². The molecular weight excluding hydrogens is 241 g/mol. The van der Waals surface area contributed by atoms with E-state index in [1.807, 2.05) is 6.92 Å². The molecule has 1 aromatic heterocycles. The normalized spacial score (nSPS) is 15.9. The second kappa shape index (κ2) is 6.85. The Morgan fingerprint density at radius 2 is 2.11 bits per heavy atom. The van der Waals surface area contributed by atoms with Crippen molar-refractivity contribution in [2.24, 2.45) is 0 Å². The van der Waals surface area contributed by atoms with Crippen molar-refractivity contribution in [3.63, 3.8) is 0 Å². The van der Waals surface area contributed by atoms with Crippen LogP contribution < -0.4 is 10.2 Å². The van der Waals surface area contributed by atoms with Crippen LogP contribution in [-0.2, 0) is 6.54 Å². The summed E-state index contributed by atoms with van der Waals surface area (Å²) >= 11 is 0. The minimum Gasteiger partial charge on any atom is -0.351 e. The van der Waals surface area contributed by atoms with Crippen molar-refractivity contribution < 1.29 is 4.39 Å². The van der Waals surface area contributed by atoms with Crippen LogP contribution in [0.1, 0.15) is 45.1 Å². The zero-order valence-electron chi connectivity index (χ0n) is 12.0. The number of nitrogens with one attached hydrogen (secondary N) is 1. The van der Waals surface area contributed by atoms with Gasteiger partial charge in [0, 0.05) is 30.9 Å². The second-order valence-electron chi connectivity index (χ2n) is 5.11. The second-order valence-corrected chi connectivity index (χ2v) is 5.11. The molecule has 4 heteroatoms. The van der Waals surface area contributed by atoms with Gasteiger partial charge >= 0.3 is 0 Å². The fourth-order valence-corrected chi connectivity index (χ4v) is 2.86. The minimum absolute atomic E-state index is 0.155. The van der Waals surface area contributed by atoms with E-state index in [1.165, 1.54) is 12.8 Å². The largest absolute Gasteiger partial charge is 0.351 e. The van der Waals surface area contributed by atoms with E-state index in [1.54, 1.807) is 12.3 Å². The molecule has 0 bridgehead atoms. The molecule has 0 saturated heterocycles. The predicted molar refractivity (Wildman–Crippen MR) is 76.9 cm³/mol. The third-order valence-corrected chi connectivity index (χ3v) is 3.89. The standard InChI is InChI=1S/C15H24FN3/c1-3-17-11-12-9-10-18-15(14(12)16)19(4-2)13-7-5-6-8-13/h9-10,13,17H,3-8,11H2,1-2H3. The smallest absolute Gasteiger partial charge is 0.170 e. The summed E-state index contributed by atoms with van der Waals surface area (Å²) in [5.74, 6) is 0.377. The molecule has 3 nitrogen and oxygen atoms in total. The van der Waals surface area contributed by atoms with Gasteiger partial charge in [0.1, 0.15) is 0 Å². The van der Waals surface area contributed by atoms with Gasteiger partial charge in [-0.25, -0.2) is 9.37 Å². The number of pyridine rings is 1. The summed E-state index contributed by atoms with van der Waals surface area (Å²) in [5.41, 5.74) is 0.711. The van der Waals surface area contributed by atoms with Gasteiger partial charge in [0.25, 0.3) is 0 Å². The van der Waals surface area contributed by atoms with Crippen molar-refractivity contribution >= 4 is 5.82 Å². The molecule has 2 rings (SSSR count). The number of rotatable bonds is 6. The molecule has 1 heterocycles. The monoisotopic (exact) mass is 265 g/mol. The first kappa shape index (κ1) is 14.3. The van der Waals surface area contributed by atoms with Crippen LogP contribution in [-0.4, -0.2) is 24.1 Å². The summed E-state index contributed by atoms with van der Waals surface area (Å²) in [5, 5.41) is 3.17. The van der Waals surface area contributed by atoms with Gasteiger partial charge in [0.15, 0.2) is 11.6 Å². The van der Waals surface area contributed by atoms with Crippen LogP contribution in [0.5, 0.6) is 0 Å². The van der Waals surface area contributed by atoms with Crippen molar-refractivity contribution in [1.29, 1.82) is 0 Å². The highest BCUT2D eigenvalue weighted by Gasteiger charge is 2.25. The first-order chi connectivity index (χ1) is 9.27. The maximum absolute atomic E-state index is 14.5. The first-order valence-corrected chi connectivity index (χ1v) is 7.38. The molecular formula is C15H24FN3. The Balaban J connectivity index is 2.21. The van der Waals surface area contributed by atoms with Crippen LogP contribution >= 0.6 is 0 Å². The Morgan fingerprint density at radius 1 is 1.37 bits per heavy atom. The molecule has 1 aliphatic rings. The van der Waals surface area contributed by atoms with Gasteiger partial charge in [-0.15, -0.1) is 0 Å². The highest BCUT2D eigenvalue weighted by molar-refractivity contribution is 5.44. The summed E-state index contributed by atoms with van der Waals surface area (Å²) in [6, 6.07) is 2.23. The lowest BCUT2D eigenvalue weighted by molar-refractivity contribution is 0.553. The van der Waals surface area contributed by atoms with E-state index >= 15 is 0 Å². The minimum atomic E-state index is -0.155. The van der Waals surface area contributed by atoms with Gasteiger partial charge < -0.3 is 10.2 Å². The summed E-state index contributed by atoms with van der Waals surface area (Å²) in [4.78, 5) is 6.42. The molecule has 0 radical (unpaired) electrons. The summed E-state index contributed by atoms with van der Waals surface area (Å²) in [7, 11) is 0. The molecule has 1 aliphatic carbocycles. The van der Waals surface area contributed by atoms with E-state index in [9.17, 15) is 4.39 Å². The van der Waals surface area contributed by atoms with Gasteiger partial charge in [-0.1, -0.05) is 19.8 Å². The van der Waals surface area contributed by atoms with Crippen LogP contribution in [0, 0.1) is 5.82 Å². The fourth-order valence-electron chi connectivity index (χ4n) is 2.86. The van der Waals surface area contributed by atoms with Crippen molar-refractivity contribution in [2.45, 2.75) is 52.1 Å². The Labute approximate surface area is 115 Å². The average Bonchev–Trinajstić information content (AvgIpc) is 2.94. The van der Waals surface area contributed by atoms with Gasteiger partial charge in [0.05, 0.1) is 0 Å². The maximum Gasteiger partial charge on any atom is 0.170 e. The Hall–Kier alpha value is -1.16. The van der Waals surface area contributed by atoms with Crippen LogP contribution in [0.25, 0.3) is 0 Å². The van der Waals surface area contributed by atoms with E-state index in [0.717, 1.165) is 25.9 Å².